The maximum Gasteiger partial charge on any atom is 0.251 e. The fourth-order valence-corrected chi connectivity index (χ4v) is 3.42. The highest BCUT2D eigenvalue weighted by Crippen LogP contribution is 2.38. The summed E-state index contributed by atoms with van der Waals surface area (Å²) in [6.45, 7) is 4.04. The van der Waals surface area contributed by atoms with Crippen molar-refractivity contribution in [2.45, 2.75) is 51.5 Å². The molecule has 3 nitrogen and oxygen atoms in total. The van der Waals surface area contributed by atoms with Crippen LogP contribution in [-0.2, 0) is 6.42 Å². The molecule has 0 saturated heterocycles. The number of carbonyl (C=O) groups excluding carboxylic acids is 1. The van der Waals surface area contributed by atoms with E-state index < -0.39 is 0 Å². The van der Waals surface area contributed by atoms with Gasteiger partial charge in [-0.3, -0.25) is 4.79 Å². The van der Waals surface area contributed by atoms with Gasteiger partial charge in [-0.05, 0) is 61.8 Å². The minimum Gasteiger partial charge on any atom is -0.352 e. The Morgan fingerprint density at radius 1 is 1.33 bits per heavy atom. The molecule has 1 amide bonds. The third-order valence-corrected chi connectivity index (χ3v) is 4.88. The molecule has 2 N–H and O–H groups in total. The number of fused-ring (bicyclic) bond motifs is 1. The lowest BCUT2D eigenvalue weighted by Gasteiger charge is -2.35. The van der Waals surface area contributed by atoms with E-state index in [0.717, 1.165) is 43.8 Å². The molecule has 1 fully saturated rings. The highest BCUT2D eigenvalue weighted by molar-refractivity contribution is 5.96. The molecule has 1 atom stereocenters. The molecule has 3 heteroatoms. The third-order valence-electron chi connectivity index (χ3n) is 4.88. The SMILES string of the molecule is CCCNC(c1ccc2c(c1)C(=O)NCCC2)C1CCC1. The van der Waals surface area contributed by atoms with E-state index in [0.29, 0.717) is 6.04 Å². The van der Waals surface area contributed by atoms with E-state index in [1.54, 1.807) is 0 Å². The first-order chi connectivity index (χ1) is 10.3. The van der Waals surface area contributed by atoms with Crippen molar-refractivity contribution in [3.8, 4) is 0 Å². The van der Waals surface area contributed by atoms with Crippen molar-refractivity contribution in [2.24, 2.45) is 5.92 Å². The highest BCUT2D eigenvalue weighted by atomic mass is 16.1. The van der Waals surface area contributed by atoms with Gasteiger partial charge in [-0.15, -0.1) is 0 Å². The Hall–Kier alpha value is -1.35. The molecule has 1 aliphatic carbocycles. The van der Waals surface area contributed by atoms with Crippen molar-refractivity contribution in [1.29, 1.82) is 0 Å². The molecule has 1 saturated carbocycles. The van der Waals surface area contributed by atoms with Crippen molar-refractivity contribution in [3.63, 3.8) is 0 Å². The van der Waals surface area contributed by atoms with Crippen LogP contribution in [-0.4, -0.2) is 19.0 Å². The predicted molar refractivity (Wildman–Crippen MR) is 85.5 cm³/mol. The maximum absolute atomic E-state index is 12.2. The molecule has 0 bridgehead atoms. The molecule has 0 radical (unpaired) electrons. The minimum atomic E-state index is 0.104. The van der Waals surface area contributed by atoms with E-state index in [-0.39, 0.29) is 5.91 Å². The first-order valence-corrected chi connectivity index (χ1v) is 8.44. The normalized spacial score (nSPS) is 20.1. The summed E-state index contributed by atoms with van der Waals surface area (Å²) in [5.41, 5.74) is 3.40. The van der Waals surface area contributed by atoms with Gasteiger partial charge < -0.3 is 10.6 Å². The number of hydrogen-bond donors (Lipinski definition) is 2. The van der Waals surface area contributed by atoms with E-state index in [1.165, 1.54) is 30.4 Å². The van der Waals surface area contributed by atoms with Crippen LogP contribution >= 0.6 is 0 Å². The van der Waals surface area contributed by atoms with Gasteiger partial charge in [-0.1, -0.05) is 25.5 Å². The Balaban J connectivity index is 1.87. The van der Waals surface area contributed by atoms with Gasteiger partial charge in [0.2, 0.25) is 0 Å². The Morgan fingerprint density at radius 3 is 2.90 bits per heavy atom. The van der Waals surface area contributed by atoms with Crippen molar-refractivity contribution in [1.82, 2.24) is 10.6 Å². The van der Waals surface area contributed by atoms with Crippen LogP contribution in [0.5, 0.6) is 0 Å². The van der Waals surface area contributed by atoms with Gasteiger partial charge in [-0.2, -0.15) is 0 Å². The summed E-state index contributed by atoms with van der Waals surface area (Å²) < 4.78 is 0. The van der Waals surface area contributed by atoms with E-state index >= 15 is 0 Å². The Morgan fingerprint density at radius 2 is 2.19 bits per heavy atom. The molecule has 1 unspecified atom stereocenters. The number of amides is 1. The van der Waals surface area contributed by atoms with Crippen molar-refractivity contribution >= 4 is 5.91 Å². The lowest BCUT2D eigenvalue weighted by atomic mass is 9.76. The number of rotatable bonds is 5. The molecule has 2 aliphatic rings. The van der Waals surface area contributed by atoms with Gasteiger partial charge in [0.05, 0.1) is 0 Å². The zero-order chi connectivity index (χ0) is 14.7. The standard InChI is InChI=1S/C18H26N2O/c1-2-10-19-17(14-5-3-6-14)15-9-8-13-7-4-11-20-18(21)16(13)12-15/h8-9,12,14,17,19H,2-7,10-11H2,1H3,(H,20,21). The van der Waals surface area contributed by atoms with Gasteiger partial charge in [0.15, 0.2) is 0 Å². The molecule has 1 heterocycles. The number of benzene rings is 1. The fourth-order valence-electron chi connectivity index (χ4n) is 3.42. The number of nitrogens with one attached hydrogen (secondary N) is 2. The maximum atomic E-state index is 12.2. The van der Waals surface area contributed by atoms with E-state index in [4.69, 9.17) is 0 Å². The average Bonchev–Trinajstić information content (AvgIpc) is 2.63. The lowest BCUT2D eigenvalue weighted by molar-refractivity contribution is 0.0956. The molecule has 1 aromatic rings. The molecule has 0 spiro atoms. The van der Waals surface area contributed by atoms with Crippen molar-refractivity contribution < 1.29 is 4.79 Å². The molecule has 21 heavy (non-hydrogen) atoms. The fraction of sp³-hybridized carbons (Fsp3) is 0.611. The van der Waals surface area contributed by atoms with E-state index in [9.17, 15) is 4.79 Å². The second kappa shape index (κ2) is 6.61. The van der Waals surface area contributed by atoms with Crippen LogP contribution in [0.4, 0.5) is 0 Å². The van der Waals surface area contributed by atoms with Crippen molar-refractivity contribution in [3.05, 3.63) is 34.9 Å². The first-order valence-electron chi connectivity index (χ1n) is 8.44. The summed E-state index contributed by atoms with van der Waals surface area (Å²) in [7, 11) is 0. The summed E-state index contributed by atoms with van der Waals surface area (Å²) >= 11 is 0. The van der Waals surface area contributed by atoms with Gasteiger partial charge in [0.1, 0.15) is 0 Å². The number of aryl methyl sites for hydroxylation is 1. The van der Waals surface area contributed by atoms with E-state index in [1.807, 2.05) is 0 Å². The van der Waals surface area contributed by atoms with Crippen LogP contribution in [0.2, 0.25) is 0 Å². The monoisotopic (exact) mass is 286 g/mol. The number of carbonyl (C=O) groups is 1. The Kier molecular flexibility index (Phi) is 4.59. The van der Waals surface area contributed by atoms with Crippen LogP contribution < -0.4 is 10.6 Å². The van der Waals surface area contributed by atoms with Gasteiger partial charge in [-0.25, -0.2) is 0 Å². The lowest BCUT2D eigenvalue weighted by Crippen LogP contribution is -2.33. The van der Waals surface area contributed by atoms with Crippen LogP contribution in [0.15, 0.2) is 18.2 Å². The van der Waals surface area contributed by atoms with Gasteiger partial charge in [0, 0.05) is 18.2 Å². The molecule has 1 aromatic carbocycles. The van der Waals surface area contributed by atoms with Crippen LogP contribution in [0.25, 0.3) is 0 Å². The zero-order valence-corrected chi connectivity index (χ0v) is 13.0. The minimum absolute atomic E-state index is 0.104. The van der Waals surface area contributed by atoms with Gasteiger partial charge >= 0.3 is 0 Å². The largest absolute Gasteiger partial charge is 0.352 e. The molecular weight excluding hydrogens is 260 g/mol. The summed E-state index contributed by atoms with van der Waals surface area (Å²) in [5, 5.41) is 6.70. The van der Waals surface area contributed by atoms with Gasteiger partial charge in [0.25, 0.3) is 5.91 Å². The van der Waals surface area contributed by atoms with Crippen LogP contribution in [0.3, 0.4) is 0 Å². The predicted octanol–water partition coefficient (Wildman–Crippen LogP) is 3.20. The number of hydrogen-bond acceptors (Lipinski definition) is 2. The van der Waals surface area contributed by atoms with Crippen molar-refractivity contribution in [2.75, 3.05) is 13.1 Å². The Bertz CT molecular complexity index is 508. The average molecular weight is 286 g/mol. The topological polar surface area (TPSA) is 41.1 Å². The molecular formula is C18H26N2O. The molecule has 114 valence electrons. The Labute approximate surface area is 127 Å². The first kappa shape index (κ1) is 14.6. The van der Waals surface area contributed by atoms with Crippen LogP contribution in [0, 0.1) is 5.92 Å². The second-order valence-electron chi connectivity index (χ2n) is 6.40. The quantitative estimate of drug-likeness (QED) is 0.872. The summed E-state index contributed by atoms with van der Waals surface area (Å²) in [5.74, 6) is 0.843. The highest BCUT2D eigenvalue weighted by Gasteiger charge is 2.29. The second-order valence-corrected chi connectivity index (χ2v) is 6.40. The molecule has 0 aromatic heterocycles. The third kappa shape index (κ3) is 3.13. The molecule has 3 rings (SSSR count). The molecule has 1 aliphatic heterocycles. The van der Waals surface area contributed by atoms with E-state index in [2.05, 4.69) is 35.8 Å². The summed E-state index contributed by atoms with van der Waals surface area (Å²) in [6.07, 6.45) is 7.16. The zero-order valence-electron chi connectivity index (χ0n) is 13.0. The van der Waals surface area contributed by atoms with Crippen LogP contribution in [0.1, 0.15) is 66.6 Å². The summed E-state index contributed by atoms with van der Waals surface area (Å²) in [4.78, 5) is 12.2. The smallest absolute Gasteiger partial charge is 0.251 e. The summed E-state index contributed by atoms with van der Waals surface area (Å²) in [6, 6.07) is 6.97.